The van der Waals surface area contributed by atoms with Crippen LogP contribution in [0, 0.1) is 34.6 Å². The van der Waals surface area contributed by atoms with Gasteiger partial charge in [0.05, 0.1) is 0 Å². The van der Waals surface area contributed by atoms with Crippen molar-refractivity contribution in [3.8, 4) is 0 Å². The molecule has 0 amide bonds. The molecule has 0 rings (SSSR count). The average Bonchev–Trinajstić information content (AvgIpc) is 2.20. The van der Waals surface area contributed by atoms with Crippen molar-refractivity contribution >= 4 is 0 Å². The van der Waals surface area contributed by atoms with Gasteiger partial charge in [-0.3, -0.25) is 0 Å². The molecule has 0 radical (unpaired) electrons. The summed E-state index contributed by atoms with van der Waals surface area (Å²) in [6, 6.07) is 0. The molecule has 0 atom stereocenters. The monoisotopic (exact) mass is 344 g/mol. The van der Waals surface area contributed by atoms with Crippen molar-refractivity contribution in [1.29, 1.82) is 0 Å². The van der Waals surface area contributed by atoms with Gasteiger partial charge in [0.2, 0.25) is 0 Å². The minimum atomic E-state index is 0. The van der Waals surface area contributed by atoms with E-state index in [-0.39, 0.29) is 27.9 Å². The van der Waals surface area contributed by atoms with Crippen LogP contribution in [0.2, 0.25) is 0 Å². The predicted molar refractivity (Wildman–Crippen MR) is 58.8 cm³/mol. The molecule has 1 nitrogen and oxygen atoms in total. The molecule has 0 aromatic rings. The Hall–Kier alpha value is 0.700. The summed E-state index contributed by atoms with van der Waals surface area (Å²) in [5.74, 6) is 0. The third kappa shape index (κ3) is 2050. The van der Waals surface area contributed by atoms with Crippen LogP contribution in [0.15, 0.2) is 0 Å². The molecule has 0 unspecified atom stereocenters. The smallest absolute Gasteiger partial charge is 0.412 e. The molecule has 0 aliphatic carbocycles. The fourth-order valence-corrected chi connectivity index (χ4v) is 0. The van der Waals surface area contributed by atoms with Gasteiger partial charge in [0.1, 0.15) is 0 Å². The summed E-state index contributed by atoms with van der Waals surface area (Å²) in [7, 11) is 0. The van der Waals surface area contributed by atoms with Crippen molar-refractivity contribution in [3.63, 3.8) is 0 Å². The zero-order valence-corrected chi connectivity index (χ0v) is 12.7. The van der Waals surface area contributed by atoms with Crippen molar-refractivity contribution < 1.29 is 27.9 Å². The Kier molecular flexibility index (Phi) is 12200. The zero-order chi connectivity index (χ0) is 10.0. The summed E-state index contributed by atoms with van der Waals surface area (Å²) in [5, 5.41) is 0. The van der Waals surface area contributed by atoms with Gasteiger partial charge in [-0.15, -0.1) is 0 Å². The zero-order valence-electron chi connectivity index (χ0n) is 9.48. The van der Waals surface area contributed by atoms with Gasteiger partial charge in [0.25, 0.3) is 0 Å². The van der Waals surface area contributed by atoms with Gasteiger partial charge in [0, 0.05) is 0 Å². The van der Waals surface area contributed by atoms with Gasteiger partial charge >= 0.3 is 22.4 Å². The minimum absolute atomic E-state index is 0. The Morgan fingerprint density at radius 1 is 0.417 bits per heavy atom. The van der Waals surface area contributed by atoms with Crippen molar-refractivity contribution in [1.82, 2.24) is 0 Å². The first-order valence-corrected chi connectivity index (χ1v) is 3.54. The van der Waals surface area contributed by atoms with Gasteiger partial charge in [0.15, 0.2) is 0 Å². The second kappa shape index (κ2) is 2730. The van der Waals surface area contributed by atoms with Gasteiger partial charge in [-0.25, -0.2) is 0 Å². The summed E-state index contributed by atoms with van der Waals surface area (Å²) in [6.07, 6.45) is 0. The van der Waals surface area contributed by atoms with Crippen molar-refractivity contribution in [3.05, 3.63) is 34.6 Å². The second-order valence-corrected chi connectivity index (χ2v) is 0. The van der Waals surface area contributed by atoms with Crippen LogP contribution < -0.4 is 0 Å². The Morgan fingerprint density at radius 2 is 0.417 bits per heavy atom. The van der Waals surface area contributed by atoms with E-state index in [0.29, 0.717) is 0 Å². The molecule has 0 heterocycles. The van der Waals surface area contributed by atoms with Crippen LogP contribution in [-0.4, -0.2) is 5.48 Å². The molecule has 0 saturated heterocycles. The molecule has 0 saturated carbocycles. The van der Waals surface area contributed by atoms with E-state index >= 15 is 0 Å². The average molecular weight is 344 g/mol. The quantitative estimate of drug-likeness (QED) is 0.604. The van der Waals surface area contributed by atoms with Crippen LogP contribution in [0.4, 0.5) is 0 Å². The van der Waals surface area contributed by atoms with Crippen LogP contribution in [-0.2, 0) is 22.4 Å². The third-order valence-corrected chi connectivity index (χ3v) is 0. The maximum atomic E-state index is 3.25. The normalized spacial score (nSPS) is 2.50. The predicted octanol–water partition coefficient (Wildman–Crippen LogP) is 3.37. The van der Waals surface area contributed by atoms with E-state index in [0.717, 1.165) is 0 Å². The Balaban J connectivity index is -0.00000000500. The van der Waals surface area contributed by atoms with Gasteiger partial charge in [-0.1, -0.05) is 0 Å². The van der Waals surface area contributed by atoms with Crippen LogP contribution >= 0.6 is 0 Å². The van der Waals surface area contributed by atoms with Gasteiger partial charge < -0.3 is 40.1 Å². The summed E-state index contributed by atoms with van der Waals surface area (Å²) in [4.78, 5) is 0. The molecule has 0 aliphatic heterocycles. The topological polar surface area (TPSA) is 31.5 Å². The standard InChI is InChI=1S/5C2H5.H2O.Ta/c5*1-2;;/h5*1H2,2H3;1H2;/q5*-1;;+5. The number of hydrogen-bond donors (Lipinski definition) is 0. The Labute approximate surface area is 97.2 Å². The largest absolute Gasteiger partial charge is 5.00 e. The fraction of sp³-hybridized carbons (Fsp3) is 0.500. The summed E-state index contributed by atoms with van der Waals surface area (Å²) in [5.41, 5.74) is 0. The Bertz CT molecular complexity index is 9.80. The maximum Gasteiger partial charge on any atom is 5.00 e. The number of hydrogen-bond acceptors (Lipinski definition) is 0. The van der Waals surface area contributed by atoms with Crippen LogP contribution in [0.25, 0.3) is 0 Å². The molecular formula is C10H27OTa. The summed E-state index contributed by atoms with van der Waals surface area (Å²) < 4.78 is 0. The number of rotatable bonds is 0. The first-order valence-electron chi connectivity index (χ1n) is 3.54. The molecule has 0 aliphatic rings. The van der Waals surface area contributed by atoms with E-state index in [9.17, 15) is 0 Å². The molecule has 78 valence electrons. The molecule has 0 bridgehead atoms. The van der Waals surface area contributed by atoms with Crippen molar-refractivity contribution in [2.75, 3.05) is 0 Å². The summed E-state index contributed by atoms with van der Waals surface area (Å²) >= 11 is 0. The van der Waals surface area contributed by atoms with E-state index in [1.807, 2.05) is 0 Å². The first-order chi connectivity index (χ1) is 5.00. The van der Waals surface area contributed by atoms with Crippen LogP contribution in [0.1, 0.15) is 34.6 Å². The molecule has 2 N–H and O–H groups in total. The van der Waals surface area contributed by atoms with E-state index in [2.05, 4.69) is 34.6 Å². The van der Waals surface area contributed by atoms with Crippen LogP contribution in [0.5, 0.6) is 0 Å². The van der Waals surface area contributed by atoms with E-state index < -0.39 is 0 Å². The van der Waals surface area contributed by atoms with Crippen LogP contribution in [0.3, 0.4) is 0 Å². The van der Waals surface area contributed by atoms with Gasteiger partial charge in [-0.05, 0) is 0 Å². The maximum absolute atomic E-state index is 3.25. The fourth-order valence-electron chi connectivity index (χ4n) is 0. The Morgan fingerprint density at radius 3 is 0.417 bits per heavy atom. The molecule has 0 aromatic carbocycles. The molecule has 2 heteroatoms. The molecule has 12 heavy (non-hydrogen) atoms. The molecule has 0 fully saturated rings. The minimum Gasteiger partial charge on any atom is -0.412 e. The first kappa shape index (κ1) is 53.5. The molecule has 0 aromatic heterocycles. The SMILES string of the molecule is O.[CH2-]C.[CH2-]C.[CH2-]C.[CH2-]C.[CH2-]C.[Ta+5]. The van der Waals surface area contributed by atoms with Crippen molar-refractivity contribution in [2.24, 2.45) is 0 Å². The second-order valence-electron chi connectivity index (χ2n) is 0. The van der Waals surface area contributed by atoms with E-state index in [1.54, 1.807) is 34.6 Å². The third-order valence-electron chi connectivity index (χ3n) is 0. The summed E-state index contributed by atoms with van der Waals surface area (Å²) in [6.45, 7) is 25.0. The van der Waals surface area contributed by atoms with E-state index in [4.69, 9.17) is 0 Å². The van der Waals surface area contributed by atoms with Gasteiger partial charge in [-0.2, -0.15) is 34.6 Å². The van der Waals surface area contributed by atoms with Crippen molar-refractivity contribution in [2.45, 2.75) is 34.6 Å². The molecule has 0 spiro atoms. The van der Waals surface area contributed by atoms with E-state index in [1.165, 1.54) is 0 Å². The molecular weight excluding hydrogens is 317 g/mol.